The van der Waals surface area contributed by atoms with Crippen LogP contribution >= 0.6 is 0 Å². The van der Waals surface area contributed by atoms with Crippen molar-refractivity contribution in [3.05, 3.63) is 59.7 Å². The summed E-state index contributed by atoms with van der Waals surface area (Å²) in [5.74, 6) is -0.175. The number of nitrogens with one attached hydrogen (secondary N) is 1. The van der Waals surface area contributed by atoms with E-state index in [0.29, 0.717) is 25.9 Å². The summed E-state index contributed by atoms with van der Waals surface area (Å²) in [6.45, 7) is 6.99. The molecule has 1 aliphatic heterocycles. The van der Waals surface area contributed by atoms with E-state index in [0.717, 1.165) is 24.3 Å². The summed E-state index contributed by atoms with van der Waals surface area (Å²) < 4.78 is 0. The molecule has 146 valence electrons. The molecular formula is C23H27N3O2. The maximum Gasteiger partial charge on any atom is 0.240 e. The van der Waals surface area contributed by atoms with Crippen molar-refractivity contribution in [1.29, 1.82) is 0 Å². The van der Waals surface area contributed by atoms with E-state index in [9.17, 15) is 9.59 Å². The van der Waals surface area contributed by atoms with E-state index in [1.807, 2.05) is 36.1 Å². The van der Waals surface area contributed by atoms with Gasteiger partial charge in [0.25, 0.3) is 0 Å². The Morgan fingerprint density at radius 1 is 0.893 bits per heavy atom. The zero-order chi connectivity index (χ0) is 19.7. The summed E-state index contributed by atoms with van der Waals surface area (Å²) in [6, 6.07) is 16.1. The topological polar surface area (TPSA) is 52.7 Å². The Morgan fingerprint density at radius 3 is 2.14 bits per heavy atom. The van der Waals surface area contributed by atoms with Crippen LogP contribution in [0.1, 0.15) is 24.0 Å². The smallest absolute Gasteiger partial charge is 0.240 e. The van der Waals surface area contributed by atoms with Gasteiger partial charge in [0.1, 0.15) is 5.41 Å². The maximum absolute atomic E-state index is 13.1. The van der Waals surface area contributed by atoms with Crippen LogP contribution in [0.25, 0.3) is 0 Å². The van der Waals surface area contributed by atoms with Crippen LogP contribution in [-0.2, 0) is 9.59 Å². The summed E-state index contributed by atoms with van der Waals surface area (Å²) in [5.41, 5.74) is 3.41. The van der Waals surface area contributed by atoms with Crippen molar-refractivity contribution < 1.29 is 9.59 Å². The van der Waals surface area contributed by atoms with Crippen molar-refractivity contribution in [1.82, 2.24) is 4.90 Å². The fourth-order valence-electron chi connectivity index (χ4n) is 3.93. The first-order valence-electron chi connectivity index (χ1n) is 9.97. The highest BCUT2D eigenvalue weighted by Crippen LogP contribution is 2.48. The SMILES string of the molecule is Cc1cccc(NC(=O)C2(C(=O)N3CCN(c4cccc(C)c4)CC3)CC2)c1. The van der Waals surface area contributed by atoms with Crippen molar-refractivity contribution in [2.45, 2.75) is 26.7 Å². The Hall–Kier alpha value is -2.82. The summed E-state index contributed by atoms with van der Waals surface area (Å²) >= 11 is 0. The highest BCUT2D eigenvalue weighted by Gasteiger charge is 2.58. The molecule has 2 aromatic rings. The van der Waals surface area contributed by atoms with Crippen LogP contribution in [0.3, 0.4) is 0 Å². The van der Waals surface area contributed by atoms with Crippen LogP contribution in [0.4, 0.5) is 11.4 Å². The lowest BCUT2D eigenvalue weighted by Gasteiger charge is -2.37. The molecule has 5 nitrogen and oxygen atoms in total. The number of rotatable bonds is 4. The molecule has 2 aromatic carbocycles. The number of hydrogen-bond acceptors (Lipinski definition) is 3. The Bertz CT molecular complexity index is 896. The van der Waals surface area contributed by atoms with Gasteiger partial charge >= 0.3 is 0 Å². The Balaban J connectivity index is 1.38. The normalized spacial score (nSPS) is 17.9. The minimum atomic E-state index is -0.866. The summed E-state index contributed by atoms with van der Waals surface area (Å²) in [4.78, 5) is 30.2. The van der Waals surface area contributed by atoms with Crippen LogP contribution < -0.4 is 10.2 Å². The molecule has 0 radical (unpaired) electrons. The lowest BCUT2D eigenvalue weighted by molar-refractivity contribution is -0.142. The van der Waals surface area contributed by atoms with Gasteiger partial charge < -0.3 is 15.1 Å². The Kier molecular flexibility index (Phi) is 4.84. The first-order valence-corrected chi connectivity index (χ1v) is 9.97. The third kappa shape index (κ3) is 3.61. The molecule has 1 saturated heterocycles. The van der Waals surface area contributed by atoms with E-state index in [4.69, 9.17) is 0 Å². The van der Waals surface area contributed by atoms with Gasteiger partial charge in [0, 0.05) is 37.6 Å². The summed E-state index contributed by atoms with van der Waals surface area (Å²) in [5, 5.41) is 2.95. The van der Waals surface area contributed by atoms with Gasteiger partial charge in [0.05, 0.1) is 0 Å². The van der Waals surface area contributed by atoms with E-state index >= 15 is 0 Å². The van der Waals surface area contributed by atoms with E-state index in [-0.39, 0.29) is 11.8 Å². The lowest BCUT2D eigenvalue weighted by atomic mass is 10.0. The molecule has 0 unspecified atom stereocenters. The first kappa shape index (κ1) is 18.5. The molecule has 1 heterocycles. The Labute approximate surface area is 166 Å². The van der Waals surface area contributed by atoms with Crippen LogP contribution in [-0.4, -0.2) is 42.9 Å². The second-order valence-electron chi connectivity index (χ2n) is 8.02. The number of hydrogen-bond donors (Lipinski definition) is 1. The fraction of sp³-hybridized carbons (Fsp3) is 0.391. The second-order valence-corrected chi connectivity index (χ2v) is 8.02. The van der Waals surface area contributed by atoms with Crippen molar-refractivity contribution in [3.8, 4) is 0 Å². The molecule has 1 aliphatic carbocycles. The minimum Gasteiger partial charge on any atom is -0.368 e. The molecule has 1 saturated carbocycles. The summed E-state index contributed by atoms with van der Waals surface area (Å²) in [7, 11) is 0. The first-order chi connectivity index (χ1) is 13.5. The molecule has 0 bridgehead atoms. The Morgan fingerprint density at radius 2 is 1.54 bits per heavy atom. The molecule has 4 rings (SSSR count). The number of amides is 2. The zero-order valence-corrected chi connectivity index (χ0v) is 16.6. The average molecular weight is 377 g/mol. The van der Waals surface area contributed by atoms with Gasteiger partial charge in [-0.2, -0.15) is 0 Å². The highest BCUT2D eigenvalue weighted by atomic mass is 16.2. The molecule has 5 heteroatoms. The van der Waals surface area contributed by atoms with Crippen molar-refractivity contribution >= 4 is 23.2 Å². The van der Waals surface area contributed by atoms with Crippen molar-refractivity contribution in [2.75, 3.05) is 36.4 Å². The number of carbonyl (C=O) groups is 2. The average Bonchev–Trinajstić information content (AvgIpc) is 3.50. The minimum absolute atomic E-state index is 0.0125. The van der Waals surface area contributed by atoms with Crippen molar-refractivity contribution in [3.63, 3.8) is 0 Å². The number of benzene rings is 2. The number of aryl methyl sites for hydroxylation is 2. The molecule has 0 atom stereocenters. The predicted molar refractivity (Wildman–Crippen MR) is 111 cm³/mol. The third-order valence-electron chi connectivity index (χ3n) is 5.80. The molecule has 2 aliphatic rings. The largest absolute Gasteiger partial charge is 0.368 e. The van der Waals surface area contributed by atoms with Crippen LogP contribution in [0, 0.1) is 19.3 Å². The van der Waals surface area contributed by atoms with Gasteiger partial charge in [0.2, 0.25) is 11.8 Å². The molecular weight excluding hydrogens is 350 g/mol. The number of nitrogens with zero attached hydrogens (tertiary/aromatic N) is 2. The van der Waals surface area contributed by atoms with Gasteiger partial charge in [0.15, 0.2) is 0 Å². The standard InChI is InChI=1S/C23H27N3O2/c1-17-5-3-7-19(15-17)24-21(27)23(9-10-23)22(28)26-13-11-25(12-14-26)20-8-4-6-18(2)16-20/h3-8,15-16H,9-14H2,1-2H3,(H,24,27). The number of anilines is 2. The molecule has 0 spiro atoms. The molecule has 0 aromatic heterocycles. The van der Waals surface area contributed by atoms with Crippen LogP contribution in [0.15, 0.2) is 48.5 Å². The van der Waals surface area contributed by atoms with Gasteiger partial charge in [-0.1, -0.05) is 24.3 Å². The zero-order valence-electron chi connectivity index (χ0n) is 16.6. The third-order valence-corrected chi connectivity index (χ3v) is 5.80. The quantitative estimate of drug-likeness (QED) is 0.831. The maximum atomic E-state index is 13.1. The van der Waals surface area contributed by atoms with Gasteiger partial charge in [-0.25, -0.2) is 0 Å². The molecule has 2 fully saturated rings. The van der Waals surface area contributed by atoms with E-state index in [1.54, 1.807) is 0 Å². The number of carbonyl (C=O) groups excluding carboxylic acids is 2. The highest BCUT2D eigenvalue weighted by molar-refractivity contribution is 6.13. The van der Waals surface area contributed by atoms with Crippen molar-refractivity contribution in [2.24, 2.45) is 5.41 Å². The summed E-state index contributed by atoms with van der Waals surface area (Å²) in [6.07, 6.45) is 1.28. The van der Waals surface area contributed by atoms with Crippen LogP contribution in [0.5, 0.6) is 0 Å². The molecule has 1 N–H and O–H groups in total. The van der Waals surface area contributed by atoms with E-state index < -0.39 is 5.41 Å². The van der Waals surface area contributed by atoms with Crippen LogP contribution in [0.2, 0.25) is 0 Å². The lowest BCUT2D eigenvalue weighted by Crippen LogP contribution is -2.52. The number of piperazine rings is 1. The molecule has 2 amide bonds. The fourth-order valence-corrected chi connectivity index (χ4v) is 3.93. The monoisotopic (exact) mass is 377 g/mol. The van der Waals surface area contributed by atoms with Gasteiger partial charge in [-0.05, 0) is 62.1 Å². The van der Waals surface area contributed by atoms with Gasteiger partial charge in [-0.15, -0.1) is 0 Å². The van der Waals surface area contributed by atoms with E-state index in [2.05, 4.69) is 41.4 Å². The van der Waals surface area contributed by atoms with E-state index in [1.165, 1.54) is 11.3 Å². The molecule has 28 heavy (non-hydrogen) atoms. The predicted octanol–water partition coefficient (Wildman–Crippen LogP) is 3.37. The second kappa shape index (κ2) is 7.30. The van der Waals surface area contributed by atoms with Gasteiger partial charge in [-0.3, -0.25) is 9.59 Å².